The Morgan fingerprint density at radius 3 is 2.73 bits per heavy atom. The van der Waals surface area contributed by atoms with Crippen LogP contribution in [0.25, 0.3) is 10.9 Å². The molecule has 2 aromatic carbocycles. The van der Waals surface area contributed by atoms with Gasteiger partial charge in [-0.1, -0.05) is 6.07 Å². The number of nitrogens with zero attached hydrogens (tertiary/aromatic N) is 2. The zero-order valence-corrected chi connectivity index (χ0v) is 22.5. The van der Waals surface area contributed by atoms with Gasteiger partial charge in [-0.3, -0.25) is 9.59 Å². The number of aromatic nitrogens is 2. The number of anilines is 1. The fourth-order valence-corrected chi connectivity index (χ4v) is 5.76. The van der Waals surface area contributed by atoms with Crippen LogP contribution >= 0.6 is 0 Å². The number of likely N-dealkylation sites (N-methyl/N-ethyl adjacent to an activating group) is 1. The zero-order chi connectivity index (χ0) is 28.8. The van der Waals surface area contributed by atoms with Gasteiger partial charge in [-0.05, 0) is 38.4 Å². The van der Waals surface area contributed by atoms with Crippen LogP contribution in [0.3, 0.4) is 0 Å². The third-order valence-electron chi connectivity index (χ3n) is 7.69. The highest BCUT2D eigenvalue weighted by Crippen LogP contribution is 2.52. The maximum absolute atomic E-state index is 15.5. The van der Waals surface area contributed by atoms with Crippen molar-refractivity contribution in [3.8, 4) is 5.75 Å². The van der Waals surface area contributed by atoms with Crippen LogP contribution in [-0.4, -0.2) is 60.7 Å². The van der Waals surface area contributed by atoms with Gasteiger partial charge in [-0.2, -0.15) is 0 Å². The molecule has 2 unspecified atom stereocenters. The third kappa shape index (κ3) is 4.65. The molecule has 41 heavy (non-hydrogen) atoms. The van der Waals surface area contributed by atoms with Gasteiger partial charge in [-0.15, -0.1) is 0 Å². The van der Waals surface area contributed by atoms with E-state index < -0.39 is 35.1 Å². The average Bonchev–Trinajstić information content (AvgIpc) is 3.54. The number of ether oxygens (including phenoxy) is 2. The van der Waals surface area contributed by atoms with Gasteiger partial charge in [0.15, 0.2) is 5.43 Å². The lowest BCUT2D eigenvalue weighted by Gasteiger charge is -2.29. The summed E-state index contributed by atoms with van der Waals surface area (Å²) in [7, 11) is 3.68. The summed E-state index contributed by atoms with van der Waals surface area (Å²) in [6.45, 7) is 0.584. The van der Waals surface area contributed by atoms with Crippen molar-refractivity contribution in [1.82, 2.24) is 14.9 Å². The van der Waals surface area contributed by atoms with Gasteiger partial charge in [0.1, 0.15) is 30.0 Å². The monoisotopic (exact) mass is 562 g/mol. The number of esters is 1. The summed E-state index contributed by atoms with van der Waals surface area (Å²) in [5, 5.41) is 0.271. The Labute approximate surface area is 233 Å². The van der Waals surface area contributed by atoms with Crippen LogP contribution in [0, 0.1) is 11.6 Å². The Kier molecular flexibility index (Phi) is 6.82. The first-order valence-corrected chi connectivity index (χ1v) is 13.3. The maximum Gasteiger partial charge on any atom is 0.329 e. The second-order valence-corrected chi connectivity index (χ2v) is 10.5. The molecule has 4 heterocycles. The smallest absolute Gasteiger partial charge is 0.329 e. The molecule has 212 valence electrons. The van der Waals surface area contributed by atoms with Crippen LogP contribution in [-0.2, 0) is 22.5 Å². The molecule has 6 rings (SSSR count). The van der Waals surface area contributed by atoms with Crippen molar-refractivity contribution in [1.29, 1.82) is 0 Å². The second-order valence-electron chi connectivity index (χ2n) is 10.5. The quantitative estimate of drug-likeness (QED) is 0.334. The van der Waals surface area contributed by atoms with E-state index in [2.05, 4.69) is 9.97 Å². The summed E-state index contributed by atoms with van der Waals surface area (Å²) in [4.78, 5) is 48.4. The summed E-state index contributed by atoms with van der Waals surface area (Å²) in [5.74, 6) is -2.38. The van der Waals surface area contributed by atoms with Crippen molar-refractivity contribution in [2.24, 2.45) is 0 Å². The molecule has 4 aromatic rings. The number of fused-ring (bicyclic) bond motifs is 4. The number of carbonyl (C=O) groups excluding carboxylic acids is 1. The van der Waals surface area contributed by atoms with Gasteiger partial charge < -0.3 is 29.2 Å². The second kappa shape index (κ2) is 10.5. The number of carbonyl (C=O) groups is 1. The molecule has 0 amide bonds. The number of nitrogens with one attached hydrogen (secondary N) is 2. The lowest BCUT2D eigenvalue weighted by atomic mass is 9.86. The Hall–Kier alpha value is -4.51. The van der Waals surface area contributed by atoms with Crippen LogP contribution in [0.4, 0.5) is 14.5 Å². The van der Waals surface area contributed by atoms with Crippen LogP contribution in [0.15, 0.2) is 58.4 Å². The molecule has 0 spiro atoms. The lowest BCUT2D eigenvalue weighted by molar-refractivity contribution is -0.145. The predicted octanol–water partition coefficient (Wildman–Crippen LogP) is 3.05. The van der Waals surface area contributed by atoms with E-state index in [-0.39, 0.29) is 47.4 Å². The number of rotatable bonds is 7. The molecule has 2 N–H and O–H groups in total. The van der Waals surface area contributed by atoms with Crippen molar-refractivity contribution in [3.63, 3.8) is 0 Å². The van der Waals surface area contributed by atoms with E-state index in [4.69, 9.17) is 9.47 Å². The molecular weight excluding hydrogens is 534 g/mol. The minimum Gasteiger partial charge on any atom is -0.492 e. The summed E-state index contributed by atoms with van der Waals surface area (Å²) in [5.41, 5.74) is 1.14. The highest BCUT2D eigenvalue weighted by molar-refractivity contribution is 5.88. The van der Waals surface area contributed by atoms with E-state index in [1.807, 2.05) is 19.0 Å². The SMILES string of the molecule is CN(C)CCOC(=O)C1C(c2ccc[nH]c2=O)c2c(cc(F)c3c2OCC3)N1Cc1cc2c(=O)cc[nH]c2cc1F. The first-order valence-electron chi connectivity index (χ1n) is 13.3. The molecule has 2 aliphatic heterocycles. The Morgan fingerprint density at radius 1 is 1.12 bits per heavy atom. The van der Waals surface area contributed by atoms with Gasteiger partial charge >= 0.3 is 5.97 Å². The topological polar surface area (TPSA) is 108 Å². The molecule has 9 nitrogen and oxygen atoms in total. The van der Waals surface area contributed by atoms with Gasteiger partial charge in [0.25, 0.3) is 5.56 Å². The van der Waals surface area contributed by atoms with E-state index >= 15 is 8.78 Å². The molecule has 2 atom stereocenters. The van der Waals surface area contributed by atoms with Crippen molar-refractivity contribution in [3.05, 3.63) is 103 Å². The Balaban J connectivity index is 1.54. The molecular formula is C30H28F2N4O5. The molecule has 0 radical (unpaired) electrons. The number of hydrogen-bond acceptors (Lipinski definition) is 7. The average molecular weight is 563 g/mol. The molecule has 0 bridgehead atoms. The van der Waals surface area contributed by atoms with Crippen molar-refractivity contribution in [2.75, 3.05) is 38.8 Å². The first-order chi connectivity index (χ1) is 19.7. The standard InChI is InChI=1S/C30H28F2N4O5/c1-35(2)9-11-41-30(39)27-25(18-4-3-7-34-29(18)38)26-23(14-21(32)17-6-10-40-28(17)26)36(27)15-16-12-19-22(13-20(16)31)33-8-5-24(19)37/h3-5,7-8,12-14,25,27H,6,9-11,15H2,1-2H3,(H,33,37)(H,34,38). The third-order valence-corrected chi connectivity index (χ3v) is 7.69. The fourth-order valence-electron chi connectivity index (χ4n) is 5.76. The largest absolute Gasteiger partial charge is 0.492 e. The van der Waals surface area contributed by atoms with Crippen molar-refractivity contribution in [2.45, 2.75) is 24.9 Å². The number of pyridine rings is 2. The van der Waals surface area contributed by atoms with E-state index in [0.29, 0.717) is 35.3 Å². The summed E-state index contributed by atoms with van der Waals surface area (Å²) >= 11 is 0. The van der Waals surface area contributed by atoms with E-state index in [9.17, 15) is 14.4 Å². The van der Waals surface area contributed by atoms with Crippen LogP contribution in [0.5, 0.6) is 5.75 Å². The van der Waals surface area contributed by atoms with E-state index in [1.54, 1.807) is 17.0 Å². The van der Waals surface area contributed by atoms with Crippen LogP contribution in [0.1, 0.15) is 28.2 Å². The molecule has 0 saturated carbocycles. The van der Waals surface area contributed by atoms with Crippen molar-refractivity contribution >= 4 is 22.6 Å². The highest BCUT2D eigenvalue weighted by atomic mass is 19.1. The number of aromatic amines is 2. The molecule has 0 fully saturated rings. The molecule has 2 aromatic heterocycles. The predicted molar refractivity (Wildman–Crippen MR) is 149 cm³/mol. The molecule has 2 aliphatic rings. The minimum atomic E-state index is -1.14. The number of halogens is 2. The van der Waals surface area contributed by atoms with Gasteiger partial charge in [0.2, 0.25) is 0 Å². The summed E-state index contributed by atoms with van der Waals surface area (Å²) < 4.78 is 42.4. The zero-order valence-electron chi connectivity index (χ0n) is 22.5. The maximum atomic E-state index is 15.5. The minimum absolute atomic E-state index is 0.0765. The summed E-state index contributed by atoms with van der Waals surface area (Å²) in [6, 6.07) is 7.42. The van der Waals surface area contributed by atoms with E-state index in [1.165, 1.54) is 36.7 Å². The molecule has 0 aliphatic carbocycles. The summed E-state index contributed by atoms with van der Waals surface area (Å²) in [6.07, 6.45) is 3.26. The van der Waals surface area contributed by atoms with Gasteiger partial charge in [-0.25, -0.2) is 13.6 Å². The fraction of sp³-hybridized carbons (Fsp3) is 0.300. The first kappa shape index (κ1) is 26.7. The number of benzene rings is 2. The Morgan fingerprint density at radius 2 is 1.95 bits per heavy atom. The van der Waals surface area contributed by atoms with E-state index in [0.717, 1.165) is 0 Å². The number of H-pyrrole nitrogens is 2. The highest BCUT2D eigenvalue weighted by Gasteiger charge is 2.49. The number of hydrogen-bond donors (Lipinski definition) is 2. The normalized spacial score (nSPS) is 17.5. The van der Waals surface area contributed by atoms with Crippen LogP contribution in [0.2, 0.25) is 0 Å². The van der Waals surface area contributed by atoms with Crippen molar-refractivity contribution < 1.29 is 23.0 Å². The molecule has 0 saturated heterocycles. The molecule has 11 heteroatoms. The lowest BCUT2D eigenvalue weighted by Crippen LogP contribution is -2.43. The Bertz CT molecular complexity index is 1780. The van der Waals surface area contributed by atoms with Gasteiger partial charge in [0.05, 0.1) is 18.0 Å². The van der Waals surface area contributed by atoms with Gasteiger partial charge in [0, 0.05) is 71.3 Å². The van der Waals surface area contributed by atoms with Crippen LogP contribution < -0.4 is 20.6 Å².